The molecule has 0 aromatic carbocycles. The molecule has 13 heavy (non-hydrogen) atoms. The van der Waals surface area contributed by atoms with E-state index in [-0.39, 0.29) is 5.69 Å². The number of rotatable bonds is 3. The Balaban J connectivity index is 3.02. The average molecular weight is 202 g/mol. The molecule has 0 fully saturated rings. The summed E-state index contributed by atoms with van der Waals surface area (Å²) in [6.45, 7) is 1.77. The van der Waals surface area contributed by atoms with Crippen LogP contribution < -0.4 is 0 Å². The maximum atomic E-state index is 11.3. The van der Waals surface area contributed by atoms with Gasteiger partial charge < -0.3 is 9.66 Å². The molecule has 1 N–H and O–H groups in total. The van der Waals surface area contributed by atoms with Crippen molar-refractivity contribution >= 4 is 17.1 Å². The van der Waals surface area contributed by atoms with E-state index >= 15 is 0 Å². The van der Waals surface area contributed by atoms with Crippen LogP contribution in [0.4, 0.5) is 0 Å². The lowest BCUT2D eigenvalue weighted by atomic mass is 10.4. The molecule has 1 atom stereocenters. The molecule has 0 aliphatic heterocycles. The van der Waals surface area contributed by atoms with Gasteiger partial charge in [-0.15, -0.1) is 0 Å². The topological polar surface area (TPSA) is 78.2 Å². The highest BCUT2D eigenvalue weighted by atomic mass is 32.2. The van der Waals surface area contributed by atoms with Crippen LogP contribution >= 0.6 is 0 Å². The van der Waals surface area contributed by atoms with Gasteiger partial charge in [0, 0.05) is 24.3 Å². The summed E-state index contributed by atoms with van der Waals surface area (Å²) < 4.78 is 12.7. The Morgan fingerprint density at radius 1 is 1.85 bits per heavy atom. The monoisotopic (exact) mass is 202 g/mol. The minimum absolute atomic E-state index is 0.0701. The Bertz CT molecular complexity index is 324. The van der Waals surface area contributed by atoms with E-state index < -0.39 is 17.1 Å². The smallest absolute Gasteiger partial charge is 0.356 e. The number of carbonyl (C=O) groups is 1. The molecule has 0 bridgehead atoms. The van der Waals surface area contributed by atoms with Crippen molar-refractivity contribution < 1.29 is 14.5 Å². The van der Waals surface area contributed by atoms with Gasteiger partial charge in [0.25, 0.3) is 0 Å². The van der Waals surface area contributed by atoms with Gasteiger partial charge in [0.05, 0.1) is 0 Å². The summed E-state index contributed by atoms with van der Waals surface area (Å²) in [5, 5.41) is 12.7. The van der Waals surface area contributed by atoms with Crippen LogP contribution in [0.2, 0.25) is 0 Å². The number of carboxylic acid groups (broad SMARTS) is 1. The number of aromatic carboxylic acids is 1. The summed E-state index contributed by atoms with van der Waals surface area (Å²) in [5.74, 6) is -0.645. The second-order valence-electron chi connectivity index (χ2n) is 2.43. The number of nitrogens with zero attached hydrogens (tertiary/aromatic N) is 2. The predicted octanol–water partition coefficient (Wildman–Crippen LogP) is 0.246. The molecule has 1 heterocycles. The third kappa shape index (κ3) is 2.02. The first kappa shape index (κ1) is 10.1. The van der Waals surface area contributed by atoms with Crippen LogP contribution in [-0.2, 0) is 18.2 Å². The lowest BCUT2D eigenvalue weighted by Gasteiger charge is -2.05. The minimum atomic E-state index is -1.16. The molecule has 6 heteroatoms. The maximum absolute atomic E-state index is 11.3. The standard InChI is InChI=1S/C7H10N2O3S/c1-3-13(12)6-4-5(7(10)11)8-9(6)2/h4H,3H2,1-2H3,(H,10,11). The molecule has 0 amide bonds. The van der Waals surface area contributed by atoms with Crippen molar-refractivity contribution in [3.63, 3.8) is 0 Å². The third-order valence-electron chi connectivity index (χ3n) is 1.55. The Morgan fingerprint density at radius 3 is 2.85 bits per heavy atom. The van der Waals surface area contributed by atoms with Crippen LogP contribution in [0, 0.1) is 0 Å². The van der Waals surface area contributed by atoms with Gasteiger partial charge in [-0.3, -0.25) is 0 Å². The van der Waals surface area contributed by atoms with Gasteiger partial charge in [-0.25, -0.2) is 9.48 Å². The quantitative estimate of drug-likeness (QED) is 0.712. The fraction of sp³-hybridized carbons (Fsp3) is 0.429. The number of aryl methyl sites for hydroxylation is 1. The van der Waals surface area contributed by atoms with Crippen molar-refractivity contribution in [3.05, 3.63) is 11.8 Å². The highest BCUT2D eigenvalue weighted by Gasteiger charge is 2.18. The average Bonchev–Trinajstić information content (AvgIpc) is 2.46. The van der Waals surface area contributed by atoms with E-state index in [0.29, 0.717) is 10.8 Å². The molecule has 0 aliphatic carbocycles. The molecule has 0 radical (unpaired) electrons. The van der Waals surface area contributed by atoms with E-state index in [1.165, 1.54) is 10.7 Å². The predicted molar refractivity (Wildman–Crippen MR) is 47.1 cm³/mol. The van der Waals surface area contributed by atoms with E-state index in [4.69, 9.17) is 5.11 Å². The Kier molecular flexibility index (Phi) is 2.94. The van der Waals surface area contributed by atoms with Crippen LogP contribution in [0.25, 0.3) is 0 Å². The summed E-state index contributed by atoms with van der Waals surface area (Å²) >= 11 is -1.16. The first-order chi connectivity index (χ1) is 6.06. The van der Waals surface area contributed by atoms with Gasteiger partial charge >= 0.3 is 5.97 Å². The minimum Gasteiger partial charge on any atom is -0.610 e. The van der Waals surface area contributed by atoms with Crippen molar-refractivity contribution in [2.45, 2.75) is 11.9 Å². The SMILES string of the molecule is CC[S+]([O-])c1cc(C(=O)O)nn1C. The first-order valence-electron chi connectivity index (χ1n) is 3.72. The van der Waals surface area contributed by atoms with E-state index in [9.17, 15) is 9.35 Å². The number of hydrogen-bond donors (Lipinski definition) is 1. The number of aromatic nitrogens is 2. The molecule has 1 unspecified atom stereocenters. The maximum Gasteiger partial charge on any atom is 0.356 e. The van der Waals surface area contributed by atoms with Gasteiger partial charge in [-0.2, -0.15) is 5.10 Å². The zero-order valence-corrected chi connectivity index (χ0v) is 8.17. The Morgan fingerprint density at radius 2 is 2.46 bits per heavy atom. The van der Waals surface area contributed by atoms with Crippen LogP contribution in [0.15, 0.2) is 11.1 Å². The number of carboxylic acids is 1. The largest absolute Gasteiger partial charge is 0.610 e. The molecule has 72 valence electrons. The lowest BCUT2D eigenvalue weighted by molar-refractivity contribution is 0.0689. The van der Waals surface area contributed by atoms with E-state index in [1.54, 1.807) is 14.0 Å². The summed E-state index contributed by atoms with van der Waals surface area (Å²) in [6, 6.07) is 1.34. The second-order valence-corrected chi connectivity index (χ2v) is 4.12. The highest BCUT2D eigenvalue weighted by molar-refractivity contribution is 7.91. The van der Waals surface area contributed by atoms with Crippen molar-refractivity contribution in [2.24, 2.45) is 7.05 Å². The van der Waals surface area contributed by atoms with Gasteiger partial charge in [-0.05, 0) is 6.92 Å². The van der Waals surface area contributed by atoms with Crippen LogP contribution in [0.1, 0.15) is 17.4 Å². The Labute approximate surface area is 78.5 Å². The fourth-order valence-electron chi connectivity index (χ4n) is 0.916. The van der Waals surface area contributed by atoms with Gasteiger partial charge in [0.1, 0.15) is 5.75 Å². The molecule has 0 aliphatic rings. The zero-order valence-electron chi connectivity index (χ0n) is 7.35. The van der Waals surface area contributed by atoms with Crippen molar-refractivity contribution in [2.75, 3.05) is 5.75 Å². The molecular formula is C7H10N2O3S. The summed E-state index contributed by atoms with van der Waals surface area (Å²) in [7, 11) is 1.58. The molecule has 1 aromatic rings. The van der Waals surface area contributed by atoms with Crippen molar-refractivity contribution in [1.82, 2.24) is 9.78 Å². The molecule has 1 aromatic heterocycles. The van der Waals surface area contributed by atoms with Gasteiger partial charge in [-0.1, -0.05) is 0 Å². The summed E-state index contributed by atoms with van der Waals surface area (Å²) in [5.41, 5.74) is -0.0701. The lowest BCUT2D eigenvalue weighted by Crippen LogP contribution is -2.09. The van der Waals surface area contributed by atoms with Crippen molar-refractivity contribution in [1.29, 1.82) is 0 Å². The van der Waals surface area contributed by atoms with E-state index in [0.717, 1.165) is 0 Å². The Hall–Kier alpha value is -1.01. The van der Waals surface area contributed by atoms with Crippen LogP contribution in [0.5, 0.6) is 0 Å². The molecule has 1 rings (SSSR count). The molecule has 0 saturated carbocycles. The van der Waals surface area contributed by atoms with Crippen LogP contribution in [0.3, 0.4) is 0 Å². The normalized spacial score (nSPS) is 12.8. The van der Waals surface area contributed by atoms with Crippen molar-refractivity contribution in [3.8, 4) is 0 Å². The third-order valence-corrected chi connectivity index (χ3v) is 2.92. The molecule has 0 spiro atoms. The second kappa shape index (κ2) is 3.80. The first-order valence-corrected chi connectivity index (χ1v) is 5.04. The van der Waals surface area contributed by atoms with Gasteiger partial charge in [0.2, 0.25) is 5.03 Å². The number of hydrogen-bond acceptors (Lipinski definition) is 3. The van der Waals surface area contributed by atoms with E-state index in [1.807, 2.05) is 0 Å². The fourth-order valence-corrected chi connectivity index (χ4v) is 1.79. The molecule has 5 nitrogen and oxygen atoms in total. The highest BCUT2D eigenvalue weighted by Crippen LogP contribution is 2.11. The summed E-state index contributed by atoms with van der Waals surface area (Å²) in [4.78, 5) is 10.5. The van der Waals surface area contributed by atoms with Crippen LogP contribution in [-0.4, -0.2) is 31.2 Å². The summed E-state index contributed by atoms with van der Waals surface area (Å²) in [6.07, 6.45) is 0. The zero-order chi connectivity index (χ0) is 10.0. The van der Waals surface area contributed by atoms with E-state index in [2.05, 4.69) is 5.10 Å². The molecule has 0 saturated heterocycles. The molecular weight excluding hydrogens is 192 g/mol. The van der Waals surface area contributed by atoms with Gasteiger partial charge in [0.15, 0.2) is 5.69 Å².